The van der Waals surface area contributed by atoms with Crippen molar-refractivity contribution in [2.75, 3.05) is 25.0 Å². The Hall–Kier alpha value is -3.71. The highest BCUT2D eigenvalue weighted by Gasteiger charge is 2.27. The van der Waals surface area contributed by atoms with Crippen molar-refractivity contribution in [1.82, 2.24) is 9.88 Å². The molecule has 1 atom stereocenters. The maximum atomic E-state index is 13.0. The number of hydrogen-bond donors (Lipinski definition) is 1. The number of para-hydroxylation sites is 3. The number of hydrogen-bond acceptors (Lipinski definition) is 5. The van der Waals surface area contributed by atoms with Gasteiger partial charge in [0.05, 0.1) is 20.8 Å². The first-order valence-electron chi connectivity index (χ1n) is 11.4. The number of aromatic nitrogens is 1. The Kier molecular flexibility index (Phi) is 6.53. The van der Waals surface area contributed by atoms with Crippen LogP contribution in [0, 0.1) is 0 Å². The molecule has 0 radical (unpaired) electrons. The molecule has 7 heteroatoms. The van der Waals surface area contributed by atoms with Crippen LogP contribution in [0.1, 0.15) is 34.1 Å². The van der Waals surface area contributed by atoms with E-state index in [0.29, 0.717) is 30.1 Å². The lowest BCUT2D eigenvalue weighted by Gasteiger charge is -2.31. The first-order valence-corrected chi connectivity index (χ1v) is 12.2. The van der Waals surface area contributed by atoms with Gasteiger partial charge in [0.2, 0.25) is 0 Å². The van der Waals surface area contributed by atoms with Crippen LogP contribution in [0.5, 0.6) is 5.75 Å². The number of ether oxygens (including phenoxy) is 1. The molecule has 1 N–H and O–H groups in total. The topological polar surface area (TPSA) is 71.5 Å². The normalized spacial score (nSPS) is 15.8. The van der Waals surface area contributed by atoms with E-state index in [1.165, 1.54) is 4.70 Å². The zero-order valence-corrected chi connectivity index (χ0v) is 19.5. The van der Waals surface area contributed by atoms with Crippen LogP contribution in [0.4, 0.5) is 5.69 Å². The summed E-state index contributed by atoms with van der Waals surface area (Å²) in [5.74, 6) is 0.273. The quantitative estimate of drug-likeness (QED) is 0.412. The Balaban J connectivity index is 1.22. The third-order valence-electron chi connectivity index (χ3n) is 5.95. The Morgan fingerprint density at radius 1 is 1.00 bits per heavy atom. The van der Waals surface area contributed by atoms with Gasteiger partial charge in [0, 0.05) is 24.7 Å². The van der Waals surface area contributed by atoms with Crippen molar-refractivity contribution < 1.29 is 14.3 Å². The van der Waals surface area contributed by atoms with E-state index >= 15 is 0 Å². The number of nitrogens with zero attached hydrogens (tertiary/aromatic N) is 2. The summed E-state index contributed by atoms with van der Waals surface area (Å²) in [7, 11) is 0. The van der Waals surface area contributed by atoms with Gasteiger partial charge in [-0.05, 0) is 49.2 Å². The van der Waals surface area contributed by atoms with E-state index in [1.54, 1.807) is 35.6 Å². The molecule has 0 unspecified atom stereocenters. The Morgan fingerprint density at radius 2 is 1.76 bits per heavy atom. The molecule has 0 saturated carbocycles. The Morgan fingerprint density at radius 3 is 2.62 bits per heavy atom. The fraction of sp³-hybridized carbons (Fsp3) is 0.222. The van der Waals surface area contributed by atoms with Crippen molar-refractivity contribution in [3.63, 3.8) is 0 Å². The molecule has 6 nitrogen and oxygen atoms in total. The molecule has 3 aromatic carbocycles. The number of amides is 2. The maximum Gasteiger partial charge on any atom is 0.260 e. The van der Waals surface area contributed by atoms with Gasteiger partial charge in [-0.25, -0.2) is 4.98 Å². The molecule has 0 spiro atoms. The molecule has 1 fully saturated rings. The maximum absolute atomic E-state index is 13.0. The second-order valence-electron chi connectivity index (χ2n) is 8.30. The van der Waals surface area contributed by atoms with Crippen molar-refractivity contribution in [3.05, 3.63) is 89.4 Å². The number of carbonyl (C=O) groups excluding carboxylic acids is 2. The molecule has 1 saturated heterocycles. The lowest BCUT2D eigenvalue weighted by molar-refractivity contribution is -0.134. The molecule has 1 aliphatic rings. The molecule has 172 valence electrons. The number of rotatable bonds is 6. The van der Waals surface area contributed by atoms with Crippen LogP contribution in [0.25, 0.3) is 10.2 Å². The first-order chi connectivity index (χ1) is 16.7. The molecule has 1 aliphatic heterocycles. The zero-order chi connectivity index (χ0) is 23.3. The van der Waals surface area contributed by atoms with Gasteiger partial charge in [-0.2, -0.15) is 0 Å². The summed E-state index contributed by atoms with van der Waals surface area (Å²) in [5, 5.41) is 3.95. The largest absolute Gasteiger partial charge is 0.483 e. The molecule has 2 heterocycles. The lowest BCUT2D eigenvalue weighted by atomic mass is 9.99. The predicted octanol–water partition coefficient (Wildman–Crippen LogP) is 5.33. The van der Waals surface area contributed by atoms with E-state index in [4.69, 9.17) is 9.72 Å². The minimum atomic E-state index is -0.275. The molecule has 4 aromatic rings. The van der Waals surface area contributed by atoms with Gasteiger partial charge in [-0.1, -0.05) is 42.5 Å². The van der Waals surface area contributed by atoms with Gasteiger partial charge < -0.3 is 15.0 Å². The van der Waals surface area contributed by atoms with Crippen LogP contribution in [0.3, 0.4) is 0 Å². The average molecular weight is 472 g/mol. The predicted molar refractivity (Wildman–Crippen MR) is 135 cm³/mol. The smallest absolute Gasteiger partial charge is 0.260 e. The van der Waals surface area contributed by atoms with Crippen LogP contribution < -0.4 is 10.1 Å². The van der Waals surface area contributed by atoms with E-state index < -0.39 is 0 Å². The number of anilines is 1. The van der Waals surface area contributed by atoms with Gasteiger partial charge in [-0.3, -0.25) is 9.59 Å². The van der Waals surface area contributed by atoms with Crippen LogP contribution in [-0.2, 0) is 4.79 Å². The minimum absolute atomic E-state index is 0.0796. The minimum Gasteiger partial charge on any atom is -0.483 e. The summed E-state index contributed by atoms with van der Waals surface area (Å²) in [6.45, 7) is 1.24. The van der Waals surface area contributed by atoms with Crippen molar-refractivity contribution >= 4 is 39.1 Å². The van der Waals surface area contributed by atoms with Gasteiger partial charge in [0.15, 0.2) is 6.61 Å². The summed E-state index contributed by atoms with van der Waals surface area (Å²) >= 11 is 1.71. The van der Waals surface area contributed by atoms with Crippen LogP contribution in [0.15, 0.2) is 78.9 Å². The molecule has 1 aromatic heterocycles. The number of carbonyl (C=O) groups is 2. The monoisotopic (exact) mass is 471 g/mol. The van der Waals surface area contributed by atoms with E-state index in [2.05, 4.69) is 11.4 Å². The highest BCUT2D eigenvalue weighted by molar-refractivity contribution is 7.18. The standard InChI is InChI=1S/C27H25N3O3S/c31-25(30-16-8-9-19(17-30)27-29-22-13-5-7-15-24(22)34-27)18-33-23-14-6-4-12-21(23)26(32)28-20-10-2-1-3-11-20/h1-7,10-15,19H,8-9,16-18H2,(H,28,32)/t19-/m0/s1. The third-order valence-corrected chi connectivity index (χ3v) is 7.15. The first kappa shape index (κ1) is 22.1. The van der Waals surface area contributed by atoms with E-state index in [-0.39, 0.29) is 24.3 Å². The van der Waals surface area contributed by atoms with Gasteiger partial charge in [0.1, 0.15) is 5.75 Å². The van der Waals surface area contributed by atoms with E-state index in [0.717, 1.165) is 23.4 Å². The molecule has 5 rings (SSSR count). The molecular formula is C27H25N3O3S. The molecule has 0 aliphatic carbocycles. The average Bonchev–Trinajstić information content (AvgIpc) is 3.33. The summed E-state index contributed by atoms with van der Waals surface area (Å²) in [6, 6.07) is 24.4. The van der Waals surface area contributed by atoms with Crippen molar-refractivity contribution in [3.8, 4) is 5.75 Å². The van der Waals surface area contributed by atoms with Crippen LogP contribution in [0.2, 0.25) is 0 Å². The number of benzene rings is 3. The van der Waals surface area contributed by atoms with Gasteiger partial charge in [-0.15, -0.1) is 11.3 Å². The SMILES string of the molecule is O=C(Nc1ccccc1)c1ccccc1OCC(=O)N1CCC[C@H](c2nc3ccccc3s2)C1. The number of likely N-dealkylation sites (tertiary alicyclic amines) is 1. The summed E-state index contributed by atoms with van der Waals surface area (Å²) < 4.78 is 7.01. The highest BCUT2D eigenvalue weighted by atomic mass is 32.1. The van der Waals surface area contributed by atoms with Gasteiger partial charge in [0.25, 0.3) is 11.8 Å². The van der Waals surface area contributed by atoms with E-state index in [1.807, 2.05) is 53.4 Å². The van der Waals surface area contributed by atoms with Crippen LogP contribution >= 0.6 is 11.3 Å². The fourth-order valence-corrected chi connectivity index (χ4v) is 5.29. The van der Waals surface area contributed by atoms with E-state index in [9.17, 15) is 9.59 Å². The summed E-state index contributed by atoms with van der Waals surface area (Å²) in [4.78, 5) is 32.4. The molecule has 34 heavy (non-hydrogen) atoms. The van der Waals surface area contributed by atoms with Crippen molar-refractivity contribution in [2.24, 2.45) is 0 Å². The number of fused-ring (bicyclic) bond motifs is 1. The number of thiazole rings is 1. The summed E-state index contributed by atoms with van der Waals surface area (Å²) in [6.07, 6.45) is 1.95. The Labute approximate surface area is 202 Å². The van der Waals surface area contributed by atoms with Crippen molar-refractivity contribution in [1.29, 1.82) is 0 Å². The van der Waals surface area contributed by atoms with Crippen LogP contribution in [-0.4, -0.2) is 41.4 Å². The highest BCUT2D eigenvalue weighted by Crippen LogP contribution is 2.33. The zero-order valence-electron chi connectivity index (χ0n) is 18.6. The molecule has 0 bridgehead atoms. The third kappa shape index (κ3) is 4.94. The number of nitrogens with one attached hydrogen (secondary N) is 1. The number of piperidine rings is 1. The van der Waals surface area contributed by atoms with Crippen molar-refractivity contribution in [2.45, 2.75) is 18.8 Å². The molecule has 2 amide bonds. The molecular weight excluding hydrogens is 446 g/mol. The van der Waals surface area contributed by atoms with Gasteiger partial charge >= 0.3 is 0 Å². The second kappa shape index (κ2) is 10.1. The lowest BCUT2D eigenvalue weighted by Crippen LogP contribution is -2.41. The Bertz CT molecular complexity index is 1270. The second-order valence-corrected chi connectivity index (χ2v) is 9.37. The fourth-order valence-electron chi connectivity index (χ4n) is 4.20. The summed E-state index contributed by atoms with van der Waals surface area (Å²) in [5.41, 5.74) is 2.11.